The number of hydrogen-bond donors (Lipinski definition) is 0. The second kappa shape index (κ2) is 6.68. The summed E-state index contributed by atoms with van der Waals surface area (Å²) in [5.74, 6) is 0.977. The minimum atomic E-state index is 0.622. The van der Waals surface area contributed by atoms with E-state index in [1.165, 1.54) is 0 Å². The molecule has 12 heavy (non-hydrogen) atoms. The average Bonchev–Trinajstić information content (AvgIpc) is 2.00. The molecule has 0 aliphatic heterocycles. The summed E-state index contributed by atoms with van der Waals surface area (Å²) in [4.78, 5) is 2.13. The van der Waals surface area contributed by atoms with Gasteiger partial charge in [0.1, 0.15) is 6.73 Å². The zero-order valence-electron chi connectivity index (χ0n) is 8.57. The SMILES string of the molecule is COCN(C)N(C)SCN(C)C. The van der Waals surface area contributed by atoms with E-state index in [2.05, 4.69) is 23.4 Å². The van der Waals surface area contributed by atoms with E-state index in [0.29, 0.717) is 6.73 Å². The maximum Gasteiger partial charge on any atom is 0.112 e. The van der Waals surface area contributed by atoms with Crippen molar-refractivity contribution < 1.29 is 4.74 Å². The van der Waals surface area contributed by atoms with Crippen LogP contribution in [0.3, 0.4) is 0 Å². The van der Waals surface area contributed by atoms with Gasteiger partial charge in [0, 0.05) is 21.2 Å². The lowest BCUT2D eigenvalue weighted by molar-refractivity contribution is -0.000610. The van der Waals surface area contributed by atoms with Crippen LogP contribution in [0.4, 0.5) is 0 Å². The normalized spacial score (nSPS) is 12.0. The molecule has 0 saturated carbocycles. The first-order valence-electron chi connectivity index (χ1n) is 3.79. The van der Waals surface area contributed by atoms with Gasteiger partial charge in [-0.25, -0.2) is 5.01 Å². The third-order valence-electron chi connectivity index (χ3n) is 1.30. The van der Waals surface area contributed by atoms with Crippen LogP contribution in [0, 0.1) is 0 Å². The van der Waals surface area contributed by atoms with Gasteiger partial charge in [0.15, 0.2) is 0 Å². The molecule has 0 aliphatic rings. The first-order chi connectivity index (χ1) is 5.57. The van der Waals surface area contributed by atoms with Crippen LogP contribution in [0.5, 0.6) is 0 Å². The van der Waals surface area contributed by atoms with Gasteiger partial charge in [-0.3, -0.25) is 4.90 Å². The largest absolute Gasteiger partial charge is 0.368 e. The minimum absolute atomic E-state index is 0.622. The zero-order valence-corrected chi connectivity index (χ0v) is 9.39. The maximum atomic E-state index is 4.99. The van der Waals surface area contributed by atoms with Crippen molar-refractivity contribution in [3.63, 3.8) is 0 Å². The Balaban J connectivity index is 3.49. The Hall–Kier alpha value is 0.190. The van der Waals surface area contributed by atoms with Gasteiger partial charge in [0.25, 0.3) is 0 Å². The van der Waals surface area contributed by atoms with Gasteiger partial charge in [-0.05, 0) is 26.0 Å². The van der Waals surface area contributed by atoms with Crippen LogP contribution in [0.1, 0.15) is 0 Å². The Morgan fingerprint density at radius 3 is 2.17 bits per heavy atom. The second-order valence-electron chi connectivity index (χ2n) is 2.88. The molecule has 0 bridgehead atoms. The molecule has 0 aromatic carbocycles. The van der Waals surface area contributed by atoms with Gasteiger partial charge in [0.2, 0.25) is 0 Å². The highest BCUT2D eigenvalue weighted by atomic mass is 32.2. The molecule has 4 nitrogen and oxygen atoms in total. The molecule has 0 fully saturated rings. The van der Waals surface area contributed by atoms with Crippen LogP contribution in [-0.4, -0.2) is 62.2 Å². The Morgan fingerprint density at radius 1 is 1.17 bits per heavy atom. The molecular formula is C7H19N3OS. The molecule has 5 heteroatoms. The van der Waals surface area contributed by atoms with Crippen molar-refractivity contribution in [2.75, 3.05) is 47.9 Å². The van der Waals surface area contributed by atoms with Gasteiger partial charge < -0.3 is 4.74 Å². The van der Waals surface area contributed by atoms with E-state index >= 15 is 0 Å². The summed E-state index contributed by atoms with van der Waals surface area (Å²) in [7, 11) is 9.81. The molecule has 0 aliphatic carbocycles. The van der Waals surface area contributed by atoms with Crippen LogP contribution in [-0.2, 0) is 4.74 Å². The highest BCUT2D eigenvalue weighted by Gasteiger charge is 2.05. The lowest BCUT2D eigenvalue weighted by Gasteiger charge is -2.26. The standard InChI is InChI=1S/C7H19N3OS/c1-8(2)7-12-10(4)9(3)6-11-5/h6-7H2,1-5H3. The number of methoxy groups -OCH3 is 1. The van der Waals surface area contributed by atoms with Crippen molar-refractivity contribution in [1.82, 2.24) is 14.3 Å². The summed E-state index contributed by atoms with van der Waals surface area (Å²) in [6.45, 7) is 0.622. The molecule has 0 aromatic rings. The summed E-state index contributed by atoms with van der Waals surface area (Å²) in [5, 5.41) is 2.01. The lowest BCUT2D eigenvalue weighted by atomic mass is 11.0. The molecule has 0 rings (SSSR count). The summed E-state index contributed by atoms with van der Waals surface area (Å²) in [5.41, 5.74) is 0. The second-order valence-corrected chi connectivity index (χ2v) is 3.92. The lowest BCUT2D eigenvalue weighted by Crippen LogP contribution is -2.34. The Labute approximate surface area is 79.6 Å². The molecule has 0 unspecified atom stereocenters. The predicted molar refractivity (Wildman–Crippen MR) is 53.5 cm³/mol. The molecule has 0 heterocycles. The van der Waals surface area contributed by atoms with Crippen molar-refractivity contribution >= 4 is 11.9 Å². The van der Waals surface area contributed by atoms with Crippen LogP contribution in [0.15, 0.2) is 0 Å². The number of ether oxygens (including phenoxy) is 1. The van der Waals surface area contributed by atoms with E-state index < -0.39 is 0 Å². The topological polar surface area (TPSA) is 19.0 Å². The van der Waals surface area contributed by atoms with Gasteiger partial charge in [-0.15, -0.1) is 0 Å². The van der Waals surface area contributed by atoms with E-state index in [4.69, 9.17) is 4.74 Å². The first-order valence-corrected chi connectivity index (χ1v) is 4.73. The quantitative estimate of drug-likeness (QED) is 0.347. The monoisotopic (exact) mass is 193 g/mol. The Morgan fingerprint density at radius 2 is 1.75 bits per heavy atom. The maximum absolute atomic E-state index is 4.99. The third kappa shape index (κ3) is 5.79. The number of rotatable bonds is 6. The molecule has 0 aromatic heterocycles. The molecule has 0 radical (unpaired) electrons. The summed E-state index contributed by atoms with van der Waals surface area (Å²) in [6, 6.07) is 0. The molecule has 0 atom stereocenters. The van der Waals surface area contributed by atoms with Crippen LogP contribution in [0.2, 0.25) is 0 Å². The van der Waals surface area contributed by atoms with Crippen molar-refractivity contribution in [3.05, 3.63) is 0 Å². The molecular weight excluding hydrogens is 174 g/mol. The highest BCUT2D eigenvalue weighted by molar-refractivity contribution is 7.96. The van der Waals surface area contributed by atoms with Crippen LogP contribution >= 0.6 is 11.9 Å². The predicted octanol–water partition coefficient (Wildman–Crippen LogP) is 0.536. The van der Waals surface area contributed by atoms with Gasteiger partial charge in [-0.1, -0.05) is 0 Å². The average molecular weight is 193 g/mol. The Bertz CT molecular complexity index is 113. The van der Waals surface area contributed by atoms with Crippen molar-refractivity contribution in [2.24, 2.45) is 0 Å². The third-order valence-corrected chi connectivity index (χ3v) is 2.58. The summed E-state index contributed by atoms with van der Waals surface area (Å²) >= 11 is 1.74. The highest BCUT2D eigenvalue weighted by Crippen LogP contribution is 2.08. The molecule has 0 amide bonds. The van der Waals surface area contributed by atoms with Crippen molar-refractivity contribution in [2.45, 2.75) is 0 Å². The fraction of sp³-hybridized carbons (Fsp3) is 1.00. The van der Waals surface area contributed by atoms with Crippen molar-refractivity contribution in [3.8, 4) is 0 Å². The number of hydrazine groups is 1. The minimum Gasteiger partial charge on any atom is -0.368 e. The number of nitrogens with zero attached hydrogens (tertiary/aromatic N) is 3. The van der Waals surface area contributed by atoms with Gasteiger partial charge in [0.05, 0.1) is 5.88 Å². The fourth-order valence-corrected chi connectivity index (χ4v) is 1.21. The molecule has 0 spiro atoms. The van der Waals surface area contributed by atoms with E-state index in [1.807, 2.05) is 19.1 Å². The first kappa shape index (κ1) is 12.2. The van der Waals surface area contributed by atoms with Crippen molar-refractivity contribution in [1.29, 1.82) is 0 Å². The zero-order chi connectivity index (χ0) is 9.56. The van der Waals surface area contributed by atoms with E-state index in [0.717, 1.165) is 5.88 Å². The van der Waals surface area contributed by atoms with Crippen LogP contribution < -0.4 is 0 Å². The van der Waals surface area contributed by atoms with Crippen LogP contribution in [0.25, 0.3) is 0 Å². The fourth-order valence-electron chi connectivity index (χ4n) is 0.566. The number of hydrogen-bond acceptors (Lipinski definition) is 5. The summed E-state index contributed by atoms with van der Waals surface area (Å²) < 4.78 is 7.05. The smallest absolute Gasteiger partial charge is 0.112 e. The van der Waals surface area contributed by atoms with E-state index in [1.54, 1.807) is 19.1 Å². The Kier molecular flexibility index (Phi) is 6.78. The molecule has 0 N–H and O–H groups in total. The molecule has 74 valence electrons. The van der Waals surface area contributed by atoms with E-state index in [-0.39, 0.29) is 0 Å². The summed E-state index contributed by atoms with van der Waals surface area (Å²) in [6.07, 6.45) is 0. The van der Waals surface area contributed by atoms with Gasteiger partial charge >= 0.3 is 0 Å². The van der Waals surface area contributed by atoms with E-state index in [9.17, 15) is 0 Å². The van der Waals surface area contributed by atoms with Gasteiger partial charge in [-0.2, -0.15) is 4.41 Å². The molecule has 0 saturated heterocycles.